The lowest BCUT2D eigenvalue weighted by Gasteiger charge is -2.36. The van der Waals surface area contributed by atoms with Crippen molar-refractivity contribution in [3.63, 3.8) is 0 Å². The van der Waals surface area contributed by atoms with Crippen LogP contribution in [0.5, 0.6) is 0 Å². The Morgan fingerprint density at radius 1 is 1.21 bits per heavy atom. The number of hydrogen-bond acceptors (Lipinski definition) is 3. The molecule has 1 aromatic carbocycles. The summed E-state index contributed by atoms with van der Waals surface area (Å²) < 4.78 is 14.8. The first-order chi connectivity index (χ1) is 11.7. The first-order valence-electron chi connectivity index (χ1n) is 7.89. The third-order valence-corrected chi connectivity index (χ3v) is 4.21. The van der Waals surface area contributed by atoms with Crippen molar-refractivity contribution in [2.45, 2.75) is 12.6 Å². The summed E-state index contributed by atoms with van der Waals surface area (Å²) >= 11 is 0. The summed E-state index contributed by atoms with van der Waals surface area (Å²) in [5.41, 5.74) is 3.42. The Morgan fingerprint density at radius 2 is 2.00 bits per heavy atom. The minimum atomic E-state index is -0.727. The lowest BCUT2D eigenvalue weighted by atomic mass is 10.1. The van der Waals surface area contributed by atoms with Crippen molar-refractivity contribution in [2.24, 2.45) is 0 Å². The van der Waals surface area contributed by atoms with E-state index in [4.69, 9.17) is 0 Å². The molecule has 6 heteroatoms. The second-order valence-corrected chi connectivity index (χ2v) is 5.95. The maximum Gasteiger partial charge on any atom is 0.230 e. The van der Waals surface area contributed by atoms with Crippen LogP contribution in [0.15, 0.2) is 54.9 Å². The van der Waals surface area contributed by atoms with E-state index >= 15 is 0 Å². The van der Waals surface area contributed by atoms with Gasteiger partial charge in [0.25, 0.3) is 0 Å². The Labute approximate surface area is 138 Å². The number of anilines is 2. The van der Waals surface area contributed by atoms with E-state index in [1.807, 2.05) is 58.0 Å². The monoisotopic (exact) mass is 324 g/mol. The van der Waals surface area contributed by atoms with Gasteiger partial charge in [0, 0.05) is 29.5 Å². The maximum atomic E-state index is 12.9. The quantitative estimate of drug-likeness (QED) is 0.803. The van der Waals surface area contributed by atoms with E-state index in [1.54, 1.807) is 6.20 Å². The highest BCUT2D eigenvalue weighted by Crippen LogP contribution is 2.24. The summed E-state index contributed by atoms with van der Waals surface area (Å²) in [6.07, 6.45) is 3.10. The van der Waals surface area contributed by atoms with Crippen LogP contribution in [-0.2, 0) is 11.2 Å². The zero-order chi connectivity index (χ0) is 16.5. The molecule has 0 atom stereocenters. The van der Waals surface area contributed by atoms with Gasteiger partial charge in [-0.3, -0.25) is 4.79 Å². The highest BCUT2D eigenvalue weighted by molar-refractivity contribution is 5.92. The number of rotatable bonds is 4. The smallest absolute Gasteiger partial charge is 0.230 e. The molecule has 0 radical (unpaired) electrons. The van der Waals surface area contributed by atoms with Crippen LogP contribution < -0.4 is 10.2 Å². The number of imidazole rings is 1. The van der Waals surface area contributed by atoms with Crippen LogP contribution in [0.1, 0.15) is 5.69 Å². The lowest BCUT2D eigenvalue weighted by molar-refractivity contribution is -0.115. The van der Waals surface area contributed by atoms with Gasteiger partial charge >= 0.3 is 0 Å². The van der Waals surface area contributed by atoms with E-state index in [2.05, 4.69) is 10.3 Å². The second kappa shape index (κ2) is 5.96. The van der Waals surface area contributed by atoms with Crippen LogP contribution in [0.3, 0.4) is 0 Å². The fraction of sp³-hybridized carbons (Fsp3) is 0.222. The second-order valence-electron chi connectivity index (χ2n) is 5.95. The molecule has 24 heavy (non-hydrogen) atoms. The van der Waals surface area contributed by atoms with E-state index < -0.39 is 6.17 Å². The Bertz CT molecular complexity index is 868. The molecule has 3 aromatic rings. The van der Waals surface area contributed by atoms with Crippen molar-refractivity contribution < 1.29 is 9.18 Å². The van der Waals surface area contributed by atoms with Crippen LogP contribution in [-0.4, -0.2) is 34.6 Å². The fourth-order valence-corrected chi connectivity index (χ4v) is 2.91. The standard InChI is InChI=1S/C18H17FN4O/c19-13-11-22(12-13)15-6-4-14(5-7-15)21-18(24)10-16-2-1-3-17-20-8-9-23(16)17/h1-9,13H,10-12H2,(H,21,24). The first kappa shape index (κ1) is 14.7. The normalized spacial score (nSPS) is 14.6. The zero-order valence-corrected chi connectivity index (χ0v) is 13.0. The third-order valence-electron chi connectivity index (χ3n) is 4.21. The molecule has 1 amide bonds. The molecule has 0 saturated carbocycles. The number of alkyl halides is 1. The zero-order valence-electron chi connectivity index (χ0n) is 13.0. The molecule has 1 N–H and O–H groups in total. The number of nitrogens with zero attached hydrogens (tertiary/aromatic N) is 3. The Kier molecular flexibility index (Phi) is 3.65. The molecule has 0 aliphatic carbocycles. The van der Waals surface area contributed by atoms with E-state index in [1.165, 1.54) is 0 Å². The molecule has 4 rings (SSSR count). The molecule has 5 nitrogen and oxygen atoms in total. The molecule has 2 aromatic heterocycles. The molecule has 0 bridgehead atoms. The molecule has 3 heterocycles. The molecule has 0 spiro atoms. The van der Waals surface area contributed by atoms with Crippen LogP contribution in [0.25, 0.3) is 5.65 Å². The van der Waals surface area contributed by atoms with Crippen LogP contribution >= 0.6 is 0 Å². The summed E-state index contributed by atoms with van der Waals surface area (Å²) in [4.78, 5) is 18.5. The SMILES string of the molecule is O=C(Cc1cccc2nccn12)Nc1ccc(N2CC(F)C2)cc1. The maximum absolute atomic E-state index is 12.9. The molecule has 1 aliphatic rings. The number of amides is 1. The number of nitrogens with one attached hydrogen (secondary N) is 1. The average molecular weight is 324 g/mol. The van der Waals surface area contributed by atoms with E-state index in [-0.39, 0.29) is 12.3 Å². The number of fused-ring (bicyclic) bond motifs is 1. The van der Waals surface area contributed by atoms with Gasteiger partial charge in [-0.25, -0.2) is 9.37 Å². The topological polar surface area (TPSA) is 49.6 Å². The fourth-order valence-electron chi connectivity index (χ4n) is 2.91. The van der Waals surface area contributed by atoms with E-state index in [0.29, 0.717) is 13.1 Å². The molecule has 1 saturated heterocycles. The number of halogens is 1. The summed E-state index contributed by atoms with van der Waals surface area (Å²) in [6, 6.07) is 13.2. The summed E-state index contributed by atoms with van der Waals surface area (Å²) in [5.74, 6) is -0.0864. The van der Waals surface area contributed by atoms with E-state index in [0.717, 1.165) is 22.7 Å². The average Bonchev–Trinajstić information content (AvgIpc) is 3.02. The van der Waals surface area contributed by atoms with Crippen molar-refractivity contribution in [1.82, 2.24) is 9.38 Å². The van der Waals surface area contributed by atoms with Crippen molar-refractivity contribution in [3.05, 3.63) is 60.6 Å². The van der Waals surface area contributed by atoms with Gasteiger partial charge in [-0.2, -0.15) is 0 Å². The number of benzene rings is 1. The predicted molar refractivity (Wildman–Crippen MR) is 91.1 cm³/mol. The molecule has 1 aliphatic heterocycles. The highest BCUT2D eigenvalue weighted by atomic mass is 19.1. The Hall–Kier alpha value is -2.89. The van der Waals surface area contributed by atoms with Crippen molar-refractivity contribution >= 4 is 22.9 Å². The third kappa shape index (κ3) is 2.82. The predicted octanol–water partition coefficient (Wildman–Crippen LogP) is 2.67. The Balaban J connectivity index is 1.41. The molecule has 0 unspecified atom stereocenters. The minimum Gasteiger partial charge on any atom is -0.366 e. The van der Waals surface area contributed by atoms with Gasteiger partial charge in [-0.15, -0.1) is 0 Å². The van der Waals surface area contributed by atoms with Crippen molar-refractivity contribution in [2.75, 3.05) is 23.3 Å². The minimum absolute atomic E-state index is 0.0864. The molecule has 1 fully saturated rings. The molecule has 122 valence electrons. The van der Waals surface area contributed by atoms with E-state index in [9.17, 15) is 9.18 Å². The summed E-state index contributed by atoms with van der Waals surface area (Å²) in [6.45, 7) is 0.890. The van der Waals surface area contributed by atoms with Gasteiger partial charge in [-0.05, 0) is 36.4 Å². The highest BCUT2D eigenvalue weighted by Gasteiger charge is 2.26. The number of aromatic nitrogens is 2. The molecular weight excluding hydrogens is 307 g/mol. The number of hydrogen-bond donors (Lipinski definition) is 1. The lowest BCUT2D eigenvalue weighted by Crippen LogP contribution is -2.48. The van der Waals surface area contributed by atoms with Gasteiger partial charge in [-0.1, -0.05) is 6.07 Å². The van der Waals surface area contributed by atoms with Crippen LogP contribution in [0.4, 0.5) is 15.8 Å². The Morgan fingerprint density at radius 3 is 2.75 bits per heavy atom. The number of pyridine rings is 1. The summed E-state index contributed by atoms with van der Waals surface area (Å²) in [7, 11) is 0. The van der Waals surface area contributed by atoms with Crippen LogP contribution in [0, 0.1) is 0 Å². The number of carbonyl (C=O) groups excluding carboxylic acids is 1. The van der Waals surface area contributed by atoms with Gasteiger partial charge in [0.1, 0.15) is 11.8 Å². The van der Waals surface area contributed by atoms with Gasteiger partial charge < -0.3 is 14.6 Å². The van der Waals surface area contributed by atoms with Gasteiger partial charge in [0.15, 0.2) is 0 Å². The van der Waals surface area contributed by atoms with Crippen molar-refractivity contribution in [1.29, 1.82) is 0 Å². The first-order valence-corrected chi connectivity index (χ1v) is 7.89. The summed E-state index contributed by atoms with van der Waals surface area (Å²) in [5, 5.41) is 2.89. The van der Waals surface area contributed by atoms with Gasteiger partial charge in [0.05, 0.1) is 19.5 Å². The van der Waals surface area contributed by atoms with Crippen molar-refractivity contribution in [3.8, 4) is 0 Å². The molecular formula is C18H17FN4O. The largest absolute Gasteiger partial charge is 0.366 e. The van der Waals surface area contributed by atoms with Crippen LogP contribution in [0.2, 0.25) is 0 Å². The number of carbonyl (C=O) groups is 1. The van der Waals surface area contributed by atoms with Gasteiger partial charge in [0.2, 0.25) is 5.91 Å².